The molecule has 8 heteroatoms. The number of ether oxygens (including phenoxy) is 1. The molecule has 0 aliphatic rings. The van der Waals surface area contributed by atoms with E-state index in [9.17, 15) is 25.3 Å². The normalized spacial score (nSPS) is 10.1. The molecular formula is C13H10N2O6. The molecule has 1 N–H and O–H groups in total. The highest BCUT2D eigenvalue weighted by atomic mass is 16.6. The number of hydrogen-bond donors (Lipinski definition) is 1. The molecule has 0 heterocycles. The number of aromatic hydroxyl groups is 1. The van der Waals surface area contributed by atoms with E-state index >= 15 is 0 Å². The summed E-state index contributed by atoms with van der Waals surface area (Å²) in [5.74, 6) is 0.0472. The minimum absolute atomic E-state index is 0.106. The molecule has 0 unspecified atom stereocenters. The van der Waals surface area contributed by atoms with Crippen molar-refractivity contribution in [2.24, 2.45) is 0 Å². The molecule has 21 heavy (non-hydrogen) atoms. The number of phenolic OH excluding ortho intramolecular Hbond substituents is 1. The second kappa shape index (κ2) is 5.45. The lowest BCUT2D eigenvalue weighted by Crippen LogP contribution is -1.95. The standard InChI is InChI=1S/C13H10N2O6/c1-21-13-6-8(2-5-12(13)16)10-4-3-9(14(17)18)7-11(10)15(19)20/h2-7,16H,1H3. The van der Waals surface area contributed by atoms with Crippen LogP contribution in [0.15, 0.2) is 36.4 Å². The second-order valence-corrected chi connectivity index (χ2v) is 4.10. The van der Waals surface area contributed by atoms with Crippen LogP contribution in [0.4, 0.5) is 11.4 Å². The van der Waals surface area contributed by atoms with E-state index < -0.39 is 15.5 Å². The summed E-state index contributed by atoms with van der Waals surface area (Å²) in [4.78, 5) is 20.4. The smallest absolute Gasteiger partial charge is 0.284 e. The zero-order valence-corrected chi connectivity index (χ0v) is 10.8. The van der Waals surface area contributed by atoms with Gasteiger partial charge in [0, 0.05) is 6.07 Å². The van der Waals surface area contributed by atoms with Crippen LogP contribution in [-0.2, 0) is 0 Å². The Bertz CT molecular complexity index is 729. The molecule has 2 rings (SSSR count). The Morgan fingerprint density at radius 2 is 1.76 bits per heavy atom. The molecule has 0 spiro atoms. The van der Waals surface area contributed by atoms with Gasteiger partial charge in [0.1, 0.15) is 0 Å². The SMILES string of the molecule is COc1cc(-c2ccc([N+](=O)[O-])cc2[N+](=O)[O-])ccc1O. The number of rotatable bonds is 4. The van der Waals surface area contributed by atoms with Crippen molar-refractivity contribution in [1.29, 1.82) is 0 Å². The summed E-state index contributed by atoms with van der Waals surface area (Å²) in [5, 5.41) is 31.3. The third-order valence-corrected chi connectivity index (χ3v) is 2.88. The number of non-ortho nitro benzene ring substituents is 1. The quantitative estimate of drug-likeness (QED) is 0.683. The van der Waals surface area contributed by atoms with Crippen LogP contribution in [0.5, 0.6) is 11.5 Å². The molecule has 2 aromatic rings. The van der Waals surface area contributed by atoms with E-state index in [2.05, 4.69) is 0 Å². The largest absolute Gasteiger partial charge is 0.504 e. The maximum Gasteiger partial charge on any atom is 0.284 e. The van der Waals surface area contributed by atoms with Crippen LogP contribution in [0.3, 0.4) is 0 Å². The molecule has 108 valence electrons. The molecule has 0 aromatic heterocycles. The molecule has 0 amide bonds. The van der Waals surface area contributed by atoms with Gasteiger partial charge in [-0.05, 0) is 23.8 Å². The Morgan fingerprint density at radius 3 is 2.33 bits per heavy atom. The van der Waals surface area contributed by atoms with E-state index in [-0.39, 0.29) is 22.7 Å². The van der Waals surface area contributed by atoms with Gasteiger partial charge < -0.3 is 9.84 Å². The van der Waals surface area contributed by atoms with Crippen molar-refractivity contribution in [3.05, 3.63) is 56.6 Å². The third-order valence-electron chi connectivity index (χ3n) is 2.88. The Labute approximate surface area is 118 Å². The lowest BCUT2D eigenvalue weighted by molar-refractivity contribution is -0.393. The molecule has 0 bridgehead atoms. The highest BCUT2D eigenvalue weighted by molar-refractivity contribution is 5.77. The predicted molar refractivity (Wildman–Crippen MR) is 73.4 cm³/mol. The summed E-state index contributed by atoms with van der Waals surface area (Å²) in [5.41, 5.74) is -0.150. The fourth-order valence-electron chi connectivity index (χ4n) is 1.87. The predicted octanol–water partition coefficient (Wildman–Crippen LogP) is 2.88. The summed E-state index contributed by atoms with van der Waals surface area (Å²) >= 11 is 0. The Balaban J connectivity index is 2.63. The van der Waals surface area contributed by atoms with E-state index in [4.69, 9.17) is 4.74 Å². The van der Waals surface area contributed by atoms with E-state index in [1.54, 1.807) is 0 Å². The molecule has 0 aliphatic carbocycles. The molecule has 0 atom stereocenters. The zero-order valence-electron chi connectivity index (χ0n) is 10.8. The number of hydrogen-bond acceptors (Lipinski definition) is 6. The van der Waals surface area contributed by atoms with E-state index in [1.807, 2.05) is 0 Å². The van der Waals surface area contributed by atoms with Crippen molar-refractivity contribution in [3.63, 3.8) is 0 Å². The topological polar surface area (TPSA) is 116 Å². The monoisotopic (exact) mass is 290 g/mol. The van der Waals surface area contributed by atoms with Gasteiger partial charge >= 0.3 is 0 Å². The van der Waals surface area contributed by atoms with Crippen LogP contribution in [-0.4, -0.2) is 22.1 Å². The molecule has 0 aliphatic heterocycles. The van der Waals surface area contributed by atoms with Crippen LogP contribution in [0.2, 0.25) is 0 Å². The van der Waals surface area contributed by atoms with E-state index in [0.29, 0.717) is 5.56 Å². The van der Waals surface area contributed by atoms with Gasteiger partial charge in [-0.3, -0.25) is 20.2 Å². The van der Waals surface area contributed by atoms with Gasteiger partial charge in [0.05, 0.1) is 28.6 Å². The van der Waals surface area contributed by atoms with Gasteiger partial charge in [0.25, 0.3) is 11.4 Å². The average Bonchev–Trinajstić information content (AvgIpc) is 2.47. The number of phenols is 1. The van der Waals surface area contributed by atoms with Gasteiger partial charge in [0.15, 0.2) is 11.5 Å². The summed E-state index contributed by atoms with van der Waals surface area (Å²) < 4.78 is 4.94. The Kier molecular flexibility index (Phi) is 3.70. The van der Waals surface area contributed by atoms with Crippen molar-refractivity contribution < 1.29 is 19.7 Å². The molecule has 2 aromatic carbocycles. The molecule has 8 nitrogen and oxygen atoms in total. The van der Waals surface area contributed by atoms with E-state index in [0.717, 1.165) is 6.07 Å². The zero-order chi connectivity index (χ0) is 15.6. The lowest BCUT2D eigenvalue weighted by Gasteiger charge is -2.07. The van der Waals surface area contributed by atoms with Gasteiger partial charge in [0.2, 0.25) is 0 Å². The van der Waals surface area contributed by atoms with Crippen LogP contribution in [0.1, 0.15) is 0 Å². The fraction of sp³-hybridized carbons (Fsp3) is 0.0769. The number of nitro groups is 2. The summed E-state index contributed by atoms with van der Waals surface area (Å²) in [6, 6.07) is 7.59. The molecular weight excluding hydrogens is 280 g/mol. The van der Waals surface area contributed by atoms with Crippen molar-refractivity contribution in [1.82, 2.24) is 0 Å². The van der Waals surface area contributed by atoms with Gasteiger partial charge in [-0.2, -0.15) is 0 Å². The van der Waals surface area contributed by atoms with Crippen LogP contribution >= 0.6 is 0 Å². The minimum Gasteiger partial charge on any atom is -0.504 e. The first-order valence-electron chi connectivity index (χ1n) is 5.74. The van der Waals surface area contributed by atoms with E-state index in [1.165, 1.54) is 37.4 Å². The minimum atomic E-state index is -0.700. The van der Waals surface area contributed by atoms with Crippen molar-refractivity contribution in [2.75, 3.05) is 7.11 Å². The number of nitro benzene ring substituents is 2. The van der Waals surface area contributed by atoms with Gasteiger partial charge in [-0.15, -0.1) is 0 Å². The molecule has 0 saturated heterocycles. The highest BCUT2D eigenvalue weighted by Gasteiger charge is 2.21. The highest BCUT2D eigenvalue weighted by Crippen LogP contribution is 2.37. The van der Waals surface area contributed by atoms with Crippen molar-refractivity contribution in [2.45, 2.75) is 0 Å². The van der Waals surface area contributed by atoms with Crippen molar-refractivity contribution in [3.8, 4) is 22.6 Å². The first-order valence-corrected chi connectivity index (χ1v) is 5.74. The fourth-order valence-corrected chi connectivity index (χ4v) is 1.87. The van der Waals surface area contributed by atoms with Gasteiger partial charge in [-0.1, -0.05) is 6.07 Å². The maximum atomic E-state index is 11.1. The molecule has 0 saturated carbocycles. The number of nitrogens with zero attached hydrogens (tertiary/aromatic N) is 2. The van der Waals surface area contributed by atoms with Crippen LogP contribution < -0.4 is 4.74 Å². The maximum absolute atomic E-state index is 11.1. The Hall–Kier alpha value is -3.16. The molecule has 0 fully saturated rings. The average molecular weight is 290 g/mol. The lowest BCUT2D eigenvalue weighted by atomic mass is 10.0. The van der Waals surface area contributed by atoms with Crippen LogP contribution in [0, 0.1) is 20.2 Å². The second-order valence-electron chi connectivity index (χ2n) is 4.10. The number of benzene rings is 2. The first kappa shape index (κ1) is 14.3. The van der Waals surface area contributed by atoms with Crippen LogP contribution in [0.25, 0.3) is 11.1 Å². The van der Waals surface area contributed by atoms with Gasteiger partial charge in [-0.25, -0.2) is 0 Å². The third kappa shape index (κ3) is 2.73. The first-order chi connectivity index (χ1) is 9.93. The number of methoxy groups -OCH3 is 1. The molecule has 0 radical (unpaired) electrons. The van der Waals surface area contributed by atoms with Crippen molar-refractivity contribution >= 4 is 11.4 Å². The summed E-state index contributed by atoms with van der Waals surface area (Å²) in [6.07, 6.45) is 0. The Morgan fingerprint density at radius 1 is 1.05 bits per heavy atom. The summed E-state index contributed by atoms with van der Waals surface area (Å²) in [6.45, 7) is 0. The summed E-state index contributed by atoms with van der Waals surface area (Å²) in [7, 11) is 1.35.